The van der Waals surface area contributed by atoms with Crippen LogP contribution in [0.3, 0.4) is 0 Å². The van der Waals surface area contributed by atoms with Crippen LogP contribution < -0.4 is 15.4 Å². The molecule has 2 heterocycles. The van der Waals surface area contributed by atoms with Gasteiger partial charge in [0.05, 0.1) is 19.3 Å². The Morgan fingerprint density at radius 2 is 2.00 bits per heavy atom. The molecule has 0 saturated heterocycles. The molecule has 0 amide bonds. The van der Waals surface area contributed by atoms with Crippen molar-refractivity contribution >= 4 is 29.9 Å². The number of aromatic nitrogens is 2. The van der Waals surface area contributed by atoms with E-state index in [1.165, 1.54) is 12.8 Å². The molecule has 8 heteroatoms. The van der Waals surface area contributed by atoms with Gasteiger partial charge < -0.3 is 19.8 Å². The van der Waals surface area contributed by atoms with Crippen LogP contribution in [0.4, 0.5) is 0 Å². The summed E-state index contributed by atoms with van der Waals surface area (Å²) in [6.07, 6.45) is 8.62. The van der Waals surface area contributed by atoms with Gasteiger partial charge in [0.25, 0.3) is 0 Å². The van der Waals surface area contributed by atoms with Crippen LogP contribution in [-0.4, -0.2) is 28.6 Å². The topological polar surface area (TPSA) is 84.6 Å². The molecule has 0 atom stereocenters. The van der Waals surface area contributed by atoms with Crippen molar-refractivity contribution in [3.63, 3.8) is 0 Å². The van der Waals surface area contributed by atoms with Crippen LogP contribution in [0.25, 0.3) is 0 Å². The Balaban J connectivity index is 0.00000320. The fourth-order valence-corrected chi connectivity index (χ4v) is 3.20. The summed E-state index contributed by atoms with van der Waals surface area (Å²) < 4.78 is 11.8. The highest BCUT2D eigenvalue weighted by Gasteiger charge is 2.19. The number of nitrogens with zero attached hydrogens (tertiary/aromatic N) is 3. The number of guanidine groups is 1. The van der Waals surface area contributed by atoms with E-state index in [-0.39, 0.29) is 29.4 Å². The minimum absolute atomic E-state index is 0. The van der Waals surface area contributed by atoms with Crippen molar-refractivity contribution in [2.75, 3.05) is 6.54 Å². The zero-order chi connectivity index (χ0) is 20.7. The Kier molecular flexibility index (Phi) is 9.38. The highest BCUT2D eigenvalue weighted by Crippen LogP contribution is 2.24. The van der Waals surface area contributed by atoms with Gasteiger partial charge >= 0.3 is 0 Å². The van der Waals surface area contributed by atoms with Crippen molar-refractivity contribution in [2.45, 2.75) is 78.0 Å². The van der Waals surface area contributed by atoms with Gasteiger partial charge in [-0.3, -0.25) is 0 Å². The predicted molar refractivity (Wildman–Crippen MR) is 129 cm³/mol. The normalized spacial score (nSPS) is 15.0. The first-order valence-corrected chi connectivity index (χ1v) is 10.5. The van der Waals surface area contributed by atoms with E-state index in [2.05, 4.69) is 46.4 Å². The maximum atomic E-state index is 5.99. The molecule has 2 aromatic rings. The summed E-state index contributed by atoms with van der Waals surface area (Å²) >= 11 is 0. The summed E-state index contributed by atoms with van der Waals surface area (Å²) in [6.45, 7) is 10.2. The van der Waals surface area contributed by atoms with Gasteiger partial charge in [0, 0.05) is 24.2 Å². The first kappa shape index (κ1) is 24.4. The molecule has 0 radical (unpaired) electrons. The summed E-state index contributed by atoms with van der Waals surface area (Å²) in [6, 6.07) is 3.95. The fraction of sp³-hybridized carbons (Fsp3) is 0.591. The van der Waals surface area contributed by atoms with E-state index < -0.39 is 0 Å². The highest BCUT2D eigenvalue weighted by molar-refractivity contribution is 14.0. The number of rotatable bonds is 7. The van der Waals surface area contributed by atoms with Crippen LogP contribution in [0.2, 0.25) is 0 Å². The molecule has 166 valence electrons. The Bertz CT molecular complexity index is 810. The van der Waals surface area contributed by atoms with E-state index in [9.17, 15) is 0 Å². The van der Waals surface area contributed by atoms with Gasteiger partial charge in [-0.1, -0.05) is 20.8 Å². The molecule has 3 rings (SSSR count). The minimum Gasteiger partial charge on any atom is -0.474 e. The monoisotopic (exact) mass is 527 g/mol. The predicted octanol–water partition coefficient (Wildman–Crippen LogP) is 4.56. The summed E-state index contributed by atoms with van der Waals surface area (Å²) in [5.41, 5.74) is 1.01. The lowest BCUT2D eigenvalue weighted by Crippen LogP contribution is -2.36. The number of halogens is 1. The van der Waals surface area contributed by atoms with Gasteiger partial charge in [0.2, 0.25) is 11.8 Å². The third kappa shape index (κ3) is 7.45. The first-order valence-electron chi connectivity index (χ1n) is 10.5. The molecule has 2 N–H and O–H groups in total. The van der Waals surface area contributed by atoms with Crippen molar-refractivity contribution in [1.82, 2.24) is 20.6 Å². The molecular weight excluding hydrogens is 493 g/mol. The largest absolute Gasteiger partial charge is 0.474 e. The van der Waals surface area contributed by atoms with Crippen molar-refractivity contribution in [1.29, 1.82) is 0 Å². The summed E-state index contributed by atoms with van der Waals surface area (Å²) in [7, 11) is 0. The van der Waals surface area contributed by atoms with Crippen LogP contribution >= 0.6 is 24.0 Å². The van der Waals surface area contributed by atoms with E-state index in [0.717, 1.165) is 36.7 Å². The van der Waals surface area contributed by atoms with E-state index in [4.69, 9.17) is 9.15 Å². The fourth-order valence-electron chi connectivity index (χ4n) is 3.20. The van der Waals surface area contributed by atoms with E-state index in [1.807, 2.05) is 19.1 Å². The smallest absolute Gasteiger partial charge is 0.213 e. The van der Waals surface area contributed by atoms with Crippen molar-refractivity contribution < 1.29 is 9.15 Å². The van der Waals surface area contributed by atoms with Gasteiger partial charge in [-0.05, 0) is 44.2 Å². The molecule has 1 aliphatic rings. The van der Waals surface area contributed by atoms with Crippen LogP contribution in [0.15, 0.2) is 33.9 Å². The number of hydrogen-bond donors (Lipinski definition) is 2. The lowest BCUT2D eigenvalue weighted by Gasteiger charge is -2.13. The second-order valence-electron chi connectivity index (χ2n) is 8.44. The third-order valence-corrected chi connectivity index (χ3v) is 4.85. The van der Waals surface area contributed by atoms with Gasteiger partial charge in [0.15, 0.2) is 5.96 Å². The number of pyridine rings is 1. The maximum Gasteiger partial charge on any atom is 0.213 e. The minimum atomic E-state index is -0.0521. The summed E-state index contributed by atoms with van der Waals surface area (Å²) in [4.78, 5) is 13.4. The Morgan fingerprint density at radius 3 is 2.67 bits per heavy atom. The number of ether oxygens (including phenoxy) is 1. The average molecular weight is 527 g/mol. The molecule has 1 fully saturated rings. The summed E-state index contributed by atoms with van der Waals surface area (Å²) in [5.74, 6) is 2.94. The molecule has 0 unspecified atom stereocenters. The number of oxazole rings is 1. The molecule has 30 heavy (non-hydrogen) atoms. The van der Waals surface area contributed by atoms with Gasteiger partial charge in [-0.25, -0.2) is 15.0 Å². The van der Waals surface area contributed by atoms with Gasteiger partial charge in [-0.15, -0.1) is 24.0 Å². The molecular formula is C22H34IN5O2. The van der Waals surface area contributed by atoms with Gasteiger partial charge in [0.1, 0.15) is 11.9 Å². The quantitative estimate of drug-likeness (QED) is 0.312. The molecule has 1 saturated carbocycles. The first-order chi connectivity index (χ1) is 13.9. The molecule has 0 aromatic carbocycles. The lowest BCUT2D eigenvalue weighted by molar-refractivity contribution is 0.201. The Morgan fingerprint density at radius 1 is 1.23 bits per heavy atom. The van der Waals surface area contributed by atoms with Crippen LogP contribution in [0.1, 0.15) is 70.6 Å². The SMILES string of the molecule is CCNC(=NCc1ccnc(OC2CCCC2)c1)NCc1ncc(C(C)(C)C)o1.I. The van der Waals surface area contributed by atoms with Crippen LogP contribution in [0, 0.1) is 0 Å². The maximum absolute atomic E-state index is 5.99. The highest BCUT2D eigenvalue weighted by atomic mass is 127. The van der Waals surface area contributed by atoms with Crippen molar-refractivity contribution in [3.05, 3.63) is 41.7 Å². The van der Waals surface area contributed by atoms with Crippen LogP contribution in [0.5, 0.6) is 5.88 Å². The molecule has 0 spiro atoms. The van der Waals surface area contributed by atoms with Crippen molar-refractivity contribution in [3.8, 4) is 5.88 Å². The zero-order valence-corrected chi connectivity index (χ0v) is 20.7. The molecule has 1 aliphatic carbocycles. The number of aliphatic imine (C=N–C) groups is 1. The second-order valence-corrected chi connectivity index (χ2v) is 8.44. The molecule has 7 nitrogen and oxygen atoms in total. The van der Waals surface area contributed by atoms with E-state index >= 15 is 0 Å². The molecule has 2 aromatic heterocycles. The van der Waals surface area contributed by atoms with E-state index in [0.29, 0.717) is 31.0 Å². The second kappa shape index (κ2) is 11.5. The Labute approximate surface area is 196 Å². The Hall–Kier alpha value is -1.84. The summed E-state index contributed by atoms with van der Waals surface area (Å²) in [5, 5.41) is 6.54. The lowest BCUT2D eigenvalue weighted by atomic mass is 9.94. The standard InChI is InChI=1S/C22H33N5O2.HI/c1-5-23-21(27-15-20-25-14-18(29-20)22(2,3)4)26-13-16-10-11-24-19(12-16)28-17-8-6-7-9-17;/h10-12,14,17H,5-9,13,15H2,1-4H3,(H2,23,26,27);1H. The van der Waals surface area contributed by atoms with E-state index in [1.54, 1.807) is 12.4 Å². The molecule has 0 bridgehead atoms. The number of hydrogen-bond acceptors (Lipinski definition) is 5. The third-order valence-electron chi connectivity index (χ3n) is 4.85. The zero-order valence-electron chi connectivity index (χ0n) is 18.4. The molecule has 0 aliphatic heterocycles. The number of nitrogens with one attached hydrogen (secondary N) is 2. The average Bonchev–Trinajstić information content (AvgIpc) is 3.36. The van der Waals surface area contributed by atoms with Gasteiger partial charge in [-0.2, -0.15) is 0 Å². The van der Waals surface area contributed by atoms with Crippen molar-refractivity contribution in [2.24, 2.45) is 4.99 Å². The van der Waals surface area contributed by atoms with Crippen LogP contribution in [-0.2, 0) is 18.5 Å².